The fourth-order valence-corrected chi connectivity index (χ4v) is 5.84. The number of ether oxygens (including phenoxy) is 1. The second-order valence-corrected chi connectivity index (χ2v) is 9.29. The third kappa shape index (κ3) is 4.99. The molecule has 11 heteroatoms. The number of carbonyl (C=O) groups is 1. The molecule has 0 fully saturated rings. The van der Waals surface area contributed by atoms with Crippen LogP contribution in [0.4, 0.5) is 5.13 Å². The Morgan fingerprint density at radius 2 is 1.87 bits per heavy atom. The number of anilines is 1. The first-order valence-electron chi connectivity index (χ1n) is 9.48. The van der Waals surface area contributed by atoms with Gasteiger partial charge in [-0.1, -0.05) is 17.4 Å². The maximum absolute atomic E-state index is 13.7. The van der Waals surface area contributed by atoms with E-state index in [1.165, 1.54) is 28.1 Å². The van der Waals surface area contributed by atoms with Gasteiger partial charge in [0.1, 0.15) is 17.1 Å². The first-order chi connectivity index (χ1) is 14.8. The molecule has 0 bridgehead atoms. The molecule has 3 rings (SSSR count). The summed E-state index contributed by atoms with van der Waals surface area (Å²) in [4.78, 5) is 16.0. The van der Waals surface area contributed by atoms with Crippen molar-refractivity contribution in [2.45, 2.75) is 20.4 Å². The predicted molar refractivity (Wildman–Crippen MR) is 118 cm³/mol. The number of aromatic hydroxyl groups is 1. The number of nitrogens with zero attached hydrogens (tertiary/aromatic N) is 2. The number of rotatable bonds is 10. The lowest BCUT2D eigenvalue weighted by molar-refractivity contribution is 0.0693. The molecule has 0 radical (unpaired) electrons. The van der Waals surface area contributed by atoms with Crippen molar-refractivity contribution in [1.29, 1.82) is 0 Å². The van der Waals surface area contributed by atoms with Crippen LogP contribution in [0, 0.1) is 0 Å². The van der Waals surface area contributed by atoms with E-state index in [1.54, 1.807) is 39.2 Å². The van der Waals surface area contributed by atoms with E-state index < -0.39 is 13.7 Å². The summed E-state index contributed by atoms with van der Waals surface area (Å²) < 4.78 is 32.2. The number of carboxylic acid groups (broad SMARTS) is 1. The van der Waals surface area contributed by atoms with Crippen LogP contribution in [0.5, 0.6) is 11.5 Å². The minimum atomic E-state index is -3.80. The van der Waals surface area contributed by atoms with Crippen LogP contribution in [0.25, 0.3) is 10.2 Å². The lowest BCUT2D eigenvalue weighted by atomic mass is 10.1. The SMILES string of the molecule is CCOP(=O)(OCC)N(Cc1ccc(O)c(C(=O)O)c1)c1nc2ccc(OC)cc2s1. The number of benzene rings is 2. The van der Waals surface area contributed by atoms with Crippen LogP contribution >= 0.6 is 19.1 Å². The molecule has 0 aliphatic rings. The number of phenols is 1. The Kier molecular flexibility index (Phi) is 7.17. The van der Waals surface area contributed by atoms with Gasteiger partial charge in [0.25, 0.3) is 0 Å². The predicted octanol–water partition coefficient (Wildman–Crippen LogP) is 4.90. The van der Waals surface area contributed by atoms with Crippen molar-refractivity contribution in [2.75, 3.05) is 25.0 Å². The molecule has 0 aliphatic heterocycles. The highest BCUT2D eigenvalue weighted by atomic mass is 32.1. The monoisotopic (exact) mass is 466 g/mol. The molecule has 9 nitrogen and oxygen atoms in total. The van der Waals surface area contributed by atoms with Gasteiger partial charge in [0.05, 0.1) is 37.1 Å². The quantitative estimate of drug-likeness (QED) is 0.402. The molecule has 31 heavy (non-hydrogen) atoms. The van der Waals surface area contributed by atoms with Crippen molar-refractivity contribution in [2.24, 2.45) is 0 Å². The molecule has 2 aromatic carbocycles. The molecule has 1 aromatic heterocycles. The lowest BCUT2D eigenvalue weighted by Crippen LogP contribution is -2.22. The van der Waals surface area contributed by atoms with Crippen LogP contribution in [0.15, 0.2) is 36.4 Å². The van der Waals surface area contributed by atoms with E-state index >= 15 is 0 Å². The molecule has 2 N–H and O–H groups in total. The summed E-state index contributed by atoms with van der Waals surface area (Å²) in [5.41, 5.74) is 0.920. The molecular weight excluding hydrogens is 443 g/mol. The molecule has 0 saturated carbocycles. The number of aromatic nitrogens is 1. The first kappa shape index (κ1) is 23.0. The zero-order valence-electron chi connectivity index (χ0n) is 17.3. The normalized spacial score (nSPS) is 11.6. The van der Waals surface area contributed by atoms with Gasteiger partial charge in [-0.15, -0.1) is 0 Å². The molecule has 0 aliphatic carbocycles. The van der Waals surface area contributed by atoms with Crippen molar-refractivity contribution in [3.8, 4) is 11.5 Å². The smallest absolute Gasteiger partial charge is 0.437 e. The van der Waals surface area contributed by atoms with Crippen LogP contribution in [0.1, 0.15) is 29.8 Å². The molecule has 0 amide bonds. The standard InChI is InChI=1S/C20H23N2O7PS/c1-4-28-30(26,29-5-2)22(12-13-6-9-17(23)15(10-13)19(24)25)20-21-16-8-7-14(27-3)11-18(16)31-20/h6-11,23H,4-5,12H2,1-3H3,(H,24,25). The highest BCUT2D eigenvalue weighted by Gasteiger charge is 2.36. The lowest BCUT2D eigenvalue weighted by Gasteiger charge is -2.29. The number of hydrogen-bond acceptors (Lipinski definition) is 8. The molecular formula is C20H23N2O7PS. The van der Waals surface area contributed by atoms with Crippen LogP contribution in [0.2, 0.25) is 0 Å². The number of hydrogen-bond donors (Lipinski definition) is 2. The minimum absolute atomic E-state index is 0.00516. The van der Waals surface area contributed by atoms with Crippen molar-refractivity contribution < 1.29 is 33.4 Å². The van der Waals surface area contributed by atoms with E-state index in [4.69, 9.17) is 13.8 Å². The van der Waals surface area contributed by atoms with Crippen molar-refractivity contribution in [3.05, 3.63) is 47.5 Å². The summed E-state index contributed by atoms with van der Waals surface area (Å²) in [6.45, 7) is 3.69. The molecule has 0 unspecified atom stereocenters. The topological polar surface area (TPSA) is 118 Å². The Bertz CT molecular complexity index is 1120. The average Bonchev–Trinajstić information content (AvgIpc) is 3.15. The summed E-state index contributed by atoms with van der Waals surface area (Å²) in [7, 11) is -2.23. The Balaban J connectivity index is 2.10. The zero-order valence-corrected chi connectivity index (χ0v) is 19.0. The fraction of sp³-hybridized carbons (Fsp3) is 0.300. The van der Waals surface area contributed by atoms with Crippen LogP contribution < -0.4 is 9.41 Å². The van der Waals surface area contributed by atoms with Crippen molar-refractivity contribution in [3.63, 3.8) is 0 Å². The number of carboxylic acids is 1. The highest BCUT2D eigenvalue weighted by Crippen LogP contribution is 2.56. The van der Waals surface area contributed by atoms with Gasteiger partial charge in [-0.05, 0) is 49.7 Å². The zero-order chi connectivity index (χ0) is 22.6. The maximum atomic E-state index is 13.7. The van der Waals surface area contributed by atoms with E-state index in [0.29, 0.717) is 22.0 Å². The van der Waals surface area contributed by atoms with Gasteiger partial charge in [-0.25, -0.2) is 14.3 Å². The van der Waals surface area contributed by atoms with Gasteiger partial charge in [0.15, 0.2) is 5.13 Å². The Morgan fingerprint density at radius 1 is 1.16 bits per heavy atom. The van der Waals surface area contributed by atoms with E-state index in [1.807, 2.05) is 6.07 Å². The number of methoxy groups -OCH3 is 1. The summed E-state index contributed by atoms with van der Waals surface area (Å²) >= 11 is 1.28. The summed E-state index contributed by atoms with van der Waals surface area (Å²) in [5, 5.41) is 19.5. The van der Waals surface area contributed by atoms with Crippen molar-refractivity contribution in [1.82, 2.24) is 4.98 Å². The number of aromatic carboxylic acids is 1. The minimum Gasteiger partial charge on any atom is -0.507 e. The molecule has 1 heterocycles. The Hall–Kier alpha value is -2.65. The molecule has 166 valence electrons. The Morgan fingerprint density at radius 3 is 2.48 bits per heavy atom. The highest BCUT2D eigenvalue weighted by molar-refractivity contribution is 7.56. The summed E-state index contributed by atoms with van der Waals surface area (Å²) in [6.07, 6.45) is 0. The van der Waals surface area contributed by atoms with Crippen LogP contribution in [-0.4, -0.2) is 41.5 Å². The molecule has 0 spiro atoms. The molecule has 0 saturated heterocycles. The third-order valence-electron chi connectivity index (χ3n) is 4.31. The molecule has 3 aromatic rings. The van der Waals surface area contributed by atoms with Gasteiger partial charge in [-0.2, -0.15) is 0 Å². The van der Waals surface area contributed by atoms with E-state index in [9.17, 15) is 19.6 Å². The second kappa shape index (κ2) is 9.65. The number of thiazole rings is 1. The fourth-order valence-electron chi connectivity index (χ4n) is 2.92. The van der Waals surface area contributed by atoms with Gasteiger partial charge < -0.3 is 14.9 Å². The second-order valence-electron chi connectivity index (χ2n) is 6.35. The van der Waals surface area contributed by atoms with Gasteiger partial charge >= 0.3 is 13.7 Å². The molecule has 0 atom stereocenters. The van der Waals surface area contributed by atoms with E-state index in [2.05, 4.69) is 4.98 Å². The summed E-state index contributed by atoms with van der Waals surface area (Å²) in [6, 6.07) is 9.55. The average molecular weight is 466 g/mol. The van der Waals surface area contributed by atoms with Crippen LogP contribution in [-0.2, 0) is 20.2 Å². The first-order valence-corrected chi connectivity index (χ1v) is 11.8. The third-order valence-corrected chi connectivity index (χ3v) is 7.58. The van der Waals surface area contributed by atoms with Gasteiger partial charge in [-0.3, -0.25) is 13.7 Å². The van der Waals surface area contributed by atoms with Gasteiger partial charge in [0, 0.05) is 0 Å². The van der Waals surface area contributed by atoms with Crippen molar-refractivity contribution >= 4 is 40.4 Å². The maximum Gasteiger partial charge on any atom is 0.437 e. The largest absolute Gasteiger partial charge is 0.507 e. The van der Waals surface area contributed by atoms with E-state index in [0.717, 1.165) is 4.70 Å². The number of fused-ring (bicyclic) bond motifs is 1. The van der Waals surface area contributed by atoms with Gasteiger partial charge in [0.2, 0.25) is 0 Å². The van der Waals surface area contributed by atoms with E-state index in [-0.39, 0.29) is 31.1 Å². The Labute approximate surface area is 183 Å². The van der Waals surface area contributed by atoms with Crippen LogP contribution in [0.3, 0.4) is 0 Å². The summed E-state index contributed by atoms with van der Waals surface area (Å²) in [5.74, 6) is -0.958.